The number of aliphatic hydroxyl groups excluding tert-OH is 1. The van der Waals surface area contributed by atoms with Gasteiger partial charge in [-0.2, -0.15) is 0 Å². The second-order valence-corrected chi connectivity index (χ2v) is 3.89. The number of rotatable bonds is 4. The van der Waals surface area contributed by atoms with Gasteiger partial charge in [0.25, 0.3) is 0 Å². The smallest absolute Gasteiger partial charge is 0.319 e. The number of hydrogen-bond acceptors (Lipinski definition) is 3. The summed E-state index contributed by atoms with van der Waals surface area (Å²) in [6.45, 7) is 3.56. The van der Waals surface area contributed by atoms with E-state index in [1.54, 1.807) is 20.1 Å². The Hall–Kier alpha value is -1.75. The number of urea groups is 1. The summed E-state index contributed by atoms with van der Waals surface area (Å²) in [7, 11) is 1.55. The van der Waals surface area contributed by atoms with E-state index in [1.165, 1.54) is 0 Å². The number of methoxy groups -OCH3 is 1. The van der Waals surface area contributed by atoms with Gasteiger partial charge in [-0.15, -0.1) is 0 Å². The van der Waals surface area contributed by atoms with Gasteiger partial charge < -0.3 is 20.5 Å². The molecule has 1 unspecified atom stereocenters. The summed E-state index contributed by atoms with van der Waals surface area (Å²) in [4.78, 5) is 11.5. The summed E-state index contributed by atoms with van der Waals surface area (Å²) in [5.41, 5.74) is 1.65. The van der Waals surface area contributed by atoms with Crippen LogP contribution in [0.2, 0.25) is 0 Å². The average Bonchev–Trinajstić information content (AvgIpc) is 2.31. The molecule has 0 saturated heterocycles. The molecule has 94 valence electrons. The molecule has 0 radical (unpaired) electrons. The average molecular weight is 238 g/mol. The van der Waals surface area contributed by atoms with Crippen molar-refractivity contribution in [3.63, 3.8) is 0 Å². The van der Waals surface area contributed by atoms with E-state index < -0.39 is 0 Å². The van der Waals surface area contributed by atoms with Crippen molar-refractivity contribution in [2.24, 2.45) is 0 Å². The number of carbonyl (C=O) groups excluding carboxylic acids is 1. The van der Waals surface area contributed by atoms with Gasteiger partial charge in [0.2, 0.25) is 0 Å². The van der Waals surface area contributed by atoms with Crippen LogP contribution in [-0.4, -0.2) is 30.9 Å². The lowest BCUT2D eigenvalue weighted by Gasteiger charge is -2.14. The second-order valence-electron chi connectivity index (χ2n) is 3.89. The van der Waals surface area contributed by atoms with E-state index in [0.717, 1.165) is 5.56 Å². The molecule has 0 fully saturated rings. The molecule has 5 heteroatoms. The number of carbonyl (C=O) groups is 1. The van der Waals surface area contributed by atoms with Crippen LogP contribution in [0.3, 0.4) is 0 Å². The van der Waals surface area contributed by atoms with E-state index in [9.17, 15) is 4.79 Å². The van der Waals surface area contributed by atoms with Crippen LogP contribution in [0.1, 0.15) is 12.5 Å². The predicted molar refractivity (Wildman–Crippen MR) is 66.4 cm³/mol. The minimum absolute atomic E-state index is 0.0988. The number of nitrogens with one attached hydrogen (secondary N) is 2. The lowest BCUT2D eigenvalue weighted by molar-refractivity contribution is 0.229. The van der Waals surface area contributed by atoms with Gasteiger partial charge in [-0.25, -0.2) is 4.79 Å². The van der Waals surface area contributed by atoms with E-state index in [1.807, 2.05) is 19.1 Å². The van der Waals surface area contributed by atoms with E-state index >= 15 is 0 Å². The number of aliphatic hydroxyl groups is 1. The van der Waals surface area contributed by atoms with Crippen molar-refractivity contribution in [3.8, 4) is 5.75 Å². The van der Waals surface area contributed by atoms with Crippen LogP contribution in [0.25, 0.3) is 0 Å². The molecule has 2 amide bonds. The van der Waals surface area contributed by atoms with Crippen LogP contribution >= 0.6 is 0 Å². The number of amides is 2. The number of aryl methyl sites for hydroxylation is 1. The zero-order valence-electron chi connectivity index (χ0n) is 10.3. The van der Waals surface area contributed by atoms with E-state index in [0.29, 0.717) is 11.4 Å². The van der Waals surface area contributed by atoms with E-state index in [-0.39, 0.29) is 18.7 Å². The van der Waals surface area contributed by atoms with Gasteiger partial charge in [-0.05, 0) is 31.5 Å². The van der Waals surface area contributed by atoms with Crippen LogP contribution in [-0.2, 0) is 0 Å². The van der Waals surface area contributed by atoms with Crippen molar-refractivity contribution in [3.05, 3.63) is 23.8 Å². The summed E-state index contributed by atoms with van der Waals surface area (Å²) in [5.74, 6) is 0.608. The second kappa shape index (κ2) is 6.10. The molecular formula is C12H18N2O3. The zero-order valence-corrected chi connectivity index (χ0v) is 10.3. The zero-order chi connectivity index (χ0) is 12.8. The molecule has 0 spiro atoms. The fraction of sp³-hybridized carbons (Fsp3) is 0.417. The summed E-state index contributed by atoms with van der Waals surface area (Å²) in [5, 5.41) is 14.1. The van der Waals surface area contributed by atoms with E-state index in [4.69, 9.17) is 9.84 Å². The first-order chi connectivity index (χ1) is 8.06. The van der Waals surface area contributed by atoms with E-state index in [2.05, 4.69) is 10.6 Å². The van der Waals surface area contributed by atoms with Gasteiger partial charge in [-0.1, -0.05) is 6.07 Å². The molecule has 3 N–H and O–H groups in total. The van der Waals surface area contributed by atoms with Crippen LogP contribution in [0.4, 0.5) is 10.5 Å². The lowest BCUT2D eigenvalue weighted by atomic mass is 10.2. The summed E-state index contributed by atoms with van der Waals surface area (Å²) in [6.07, 6.45) is 0. The van der Waals surface area contributed by atoms with Crippen LogP contribution < -0.4 is 15.4 Å². The quantitative estimate of drug-likeness (QED) is 0.744. The Kier molecular flexibility index (Phi) is 4.78. The Bertz CT molecular complexity index is 393. The predicted octanol–water partition coefficient (Wildman–Crippen LogP) is 1.51. The highest BCUT2D eigenvalue weighted by atomic mass is 16.5. The Morgan fingerprint density at radius 1 is 1.53 bits per heavy atom. The SMILES string of the molecule is COc1cc(C)ccc1NC(=O)NC(C)CO. The van der Waals surface area contributed by atoms with Gasteiger partial charge >= 0.3 is 6.03 Å². The standard InChI is InChI=1S/C12H18N2O3/c1-8-4-5-10(11(6-8)17-3)14-12(16)13-9(2)7-15/h4-6,9,15H,7H2,1-3H3,(H2,13,14,16). The molecule has 0 heterocycles. The molecule has 1 atom stereocenters. The number of hydrogen-bond donors (Lipinski definition) is 3. The molecule has 1 aromatic rings. The third-order valence-corrected chi connectivity index (χ3v) is 2.26. The van der Waals surface area contributed by atoms with Gasteiger partial charge in [0.05, 0.1) is 25.4 Å². The molecular weight excluding hydrogens is 220 g/mol. The Morgan fingerprint density at radius 2 is 2.24 bits per heavy atom. The van der Waals surface area contributed by atoms with Gasteiger partial charge in [0, 0.05) is 0 Å². The van der Waals surface area contributed by atoms with Crippen molar-refractivity contribution in [1.29, 1.82) is 0 Å². The molecule has 17 heavy (non-hydrogen) atoms. The van der Waals surface area contributed by atoms with Gasteiger partial charge in [0.1, 0.15) is 5.75 Å². The van der Waals surface area contributed by atoms with Crippen molar-refractivity contribution in [1.82, 2.24) is 5.32 Å². The van der Waals surface area contributed by atoms with Gasteiger partial charge in [-0.3, -0.25) is 0 Å². The Morgan fingerprint density at radius 3 is 2.82 bits per heavy atom. The Balaban J connectivity index is 2.71. The number of benzene rings is 1. The third-order valence-electron chi connectivity index (χ3n) is 2.26. The maximum Gasteiger partial charge on any atom is 0.319 e. The molecule has 1 rings (SSSR count). The van der Waals surface area contributed by atoms with Crippen molar-refractivity contribution < 1.29 is 14.6 Å². The number of ether oxygens (including phenoxy) is 1. The molecule has 0 saturated carbocycles. The largest absolute Gasteiger partial charge is 0.495 e. The van der Waals surface area contributed by atoms with Crippen molar-refractivity contribution >= 4 is 11.7 Å². The fourth-order valence-corrected chi connectivity index (χ4v) is 1.33. The topological polar surface area (TPSA) is 70.6 Å². The molecule has 5 nitrogen and oxygen atoms in total. The maximum absolute atomic E-state index is 11.5. The highest BCUT2D eigenvalue weighted by Crippen LogP contribution is 2.24. The summed E-state index contributed by atoms with van der Waals surface area (Å²) < 4.78 is 5.17. The summed E-state index contributed by atoms with van der Waals surface area (Å²) in [6, 6.07) is 4.84. The minimum Gasteiger partial charge on any atom is -0.495 e. The molecule has 0 aromatic heterocycles. The monoisotopic (exact) mass is 238 g/mol. The Labute approximate surface area is 101 Å². The molecule has 1 aromatic carbocycles. The molecule has 0 bridgehead atoms. The first-order valence-electron chi connectivity index (χ1n) is 5.40. The lowest BCUT2D eigenvalue weighted by Crippen LogP contribution is -2.38. The van der Waals surface area contributed by atoms with Crippen LogP contribution in [0.5, 0.6) is 5.75 Å². The normalized spacial score (nSPS) is 11.8. The fourth-order valence-electron chi connectivity index (χ4n) is 1.33. The van der Waals surface area contributed by atoms with Crippen molar-refractivity contribution in [2.45, 2.75) is 19.9 Å². The first-order valence-corrected chi connectivity index (χ1v) is 5.40. The van der Waals surface area contributed by atoms with Crippen LogP contribution in [0.15, 0.2) is 18.2 Å². The minimum atomic E-state index is -0.367. The third kappa shape index (κ3) is 3.96. The highest BCUT2D eigenvalue weighted by Gasteiger charge is 2.09. The first kappa shape index (κ1) is 13.3. The number of anilines is 1. The summed E-state index contributed by atoms with van der Waals surface area (Å²) >= 11 is 0. The van der Waals surface area contributed by atoms with Crippen molar-refractivity contribution in [2.75, 3.05) is 19.0 Å². The maximum atomic E-state index is 11.5. The van der Waals surface area contributed by atoms with Crippen LogP contribution in [0, 0.1) is 6.92 Å². The molecule has 0 aliphatic heterocycles. The highest BCUT2D eigenvalue weighted by molar-refractivity contribution is 5.91. The molecule has 0 aliphatic rings. The van der Waals surface area contributed by atoms with Gasteiger partial charge in [0.15, 0.2) is 0 Å². The molecule has 0 aliphatic carbocycles.